The van der Waals surface area contributed by atoms with E-state index < -0.39 is 0 Å². The van der Waals surface area contributed by atoms with Gasteiger partial charge in [-0.05, 0) is 23.8 Å². The van der Waals surface area contributed by atoms with Gasteiger partial charge in [-0.15, -0.1) is 0 Å². The molecule has 0 aliphatic heterocycles. The smallest absolute Gasteiger partial charge is 0.0205 e. The Kier molecular flexibility index (Phi) is 4.57. The summed E-state index contributed by atoms with van der Waals surface area (Å²) < 4.78 is 0. The molecular weight excluding hydrogens is 206 g/mol. The van der Waals surface area contributed by atoms with E-state index in [-0.39, 0.29) is 0 Å². The minimum absolute atomic E-state index is 0.647. The minimum Gasteiger partial charge on any atom is -0.312 e. The lowest BCUT2D eigenvalue weighted by Gasteiger charge is -2.19. The summed E-state index contributed by atoms with van der Waals surface area (Å²) in [5, 5.41) is 3.55. The minimum atomic E-state index is 0.647. The summed E-state index contributed by atoms with van der Waals surface area (Å²) in [5.74, 6) is 1.38. The summed E-state index contributed by atoms with van der Waals surface area (Å²) in [6, 6.07) is 10.6. The lowest BCUT2D eigenvalue weighted by molar-refractivity contribution is 0.409. The zero-order valence-electron chi connectivity index (χ0n) is 10.5. The highest BCUT2D eigenvalue weighted by Gasteiger charge is 2.13. The van der Waals surface area contributed by atoms with Gasteiger partial charge in [-0.1, -0.05) is 61.6 Å². The van der Waals surface area contributed by atoms with Crippen molar-refractivity contribution in [2.45, 2.75) is 19.9 Å². The summed E-state index contributed by atoms with van der Waals surface area (Å²) in [4.78, 5) is 0. The van der Waals surface area contributed by atoms with Gasteiger partial charge in [-0.25, -0.2) is 0 Å². The molecule has 0 radical (unpaired) electrons. The van der Waals surface area contributed by atoms with Gasteiger partial charge in [0.1, 0.15) is 0 Å². The number of nitrogens with one attached hydrogen (secondary N) is 1. The van der Waals surface area contributed by atoms with Gasteiger partial charge in [0.05, 0.1) is 0 Å². The molecule has 0 fully saturated rings. The fraction of sp³-hybridized carbons (Fsp3) is 0.375. The molecule has 0 amide bonds. The van der Waals surface area contributed by atoms with Crippen molar-refractivity contribution in [1.29, 1.82) is 0 Å². The Bertz CT molecular complexity index is 378. The molecule has 0 unspecified atom stereocenters. The van der Waals surface area contributed by atoms with E-state index in [2.05, 4.69) is 66.9 Å². The predicted molar refractivity (Wildman–Crippen MR) is 73.7 cm³/mol. The van der Waals surface area contributed by atoms with Crippen molar-refractivity contribution in [3.05, 3.63) is 60.2 Å². The van der Waals surface area contributed by atoms with Gasteiger partial charge in [0, 0.05) is 13.1 Å². The Labute approximate surface area is 104 Å². The average molecular weight is 227 g/mol. The Morgan fingerprint density at radius 3 is 2.82 bits per heavy atom. The molecule has 0 bridgehead atoms. The molecule has 2 rings (SSSR count). The summed E-state index contributed by atoms with van der Waals surface area (Å²) in [7, 11) is 0. The highest BCUT2D eigenvalue weighted by atomic mass is 14.9. The molecule has 0 saturated heterocycles. The van der Waals surface area contributed by atoms with E-state index in [0.29, 0.717) is 5.92 Å². The molecule has 1 nitrogen and oxygen atoms in total. The van der Waals surface area contributed by atoms with Crippen LogP contribution in [0, 0.1) is 11.8 Å². The van der Waals surface area contributed by atoms with E-state index in [1.165, 1.54) is 12.0 Å². The van der Waals surface area contributed by atoms with Crippen molar-refractivity contribution >= 4 is 0 Å². The van der Waals surface area contributed by atoms with Gasteiger partial charge < -0.3 is 5.32 Å². The summed E-state index contributed by atoms with van der Waals surface area (Å²) in [5.41, 5.74) is 1.36. The fourth-order valence-electron chi connectivity index (χ4n) is 2.19. The molecule has 1 aromatic rings. The molecule has 1 aliphatic carbocycles. The van der Waals surface area contributed by atoms with Crippen LogP contribution in [0.2, 0.25) is 0 Å². The maximum Gasteiger partial charge on any atom is 0.0205 e. The maximum absolute atomic E-state index is 3.55. The van der Waals surface area contributed by atoms with Crippen molar-refractivity contribution in [2.75, 3.05) is 6.54 Å². The molecule has 2 atom stereocenters. The molecule has 1 aliphatic rings. The third kappa shape index (κ3) is 3.86. The fourth-order valence-corrected chi connectivity index (χ4v) is 2.19. The van der Waals surface area contributed by atoms with Crippen LogP contribution < -0.4 is 5.32 Å². The number of allylic oxidation sites excluding steroid dienone is 3. The van der Waals surface area contributed by atoms with Crippen molar-refractivity contribution in [1.82, 2.24) is 5.32 Å². The Balaban J connectivity index is 1.78. The first kappa shape index (κ1) is 12.1. The second kappa shape index (κ2) is 6.41. The van der Waals surface area contributed by atoms with Gasteiger partial charge in [0.2, 0.25) is 0 Å². The topological polar surface area (TPSA) is 12.0 Å². The third-order valence-electron chi connectivity index (χ3n) is 3.40. The van der Waals surface area contributed by atoms with Crippen LogP contribution in [0.5, 0.6) is 0 Å². The molecular formula is C16H21N. The van der Waals surface area contributed by atoms with Crippen LogP contribution in [0.15, 0.2) is 54.6 Å². The van der Waals surface area contributed by atoms with Gasteiger partial charge in [0.25, 0.3) is 0 Å². The first-order chi connectivity index (χ1) is 8.36. The van der Waals surface area contributed by atoms with E-state index in [1.54, 1.807) is 0 Å². The van der Waals surface area contributed by atoms with Gasteiger partial charge in [-0.2, -0.15) is 0 Å². The monoisotopic (exact) mass is 227 g/mol. The molecule has 0 heterocycles. The van der Waals surface area contributed by atoms with Crippen LogP contribution in [0.4, 0.5) is 0 Å². The Hall–Kier alpha value is -1.34. The lowest BCUT2D eigenvalue weighted by atomic mass is 9.92. The highest BCUT2D eigenvalue weighted by Crippen LogP contribution is 2.19. The quantitative estimate of drug-likeness (QED) is 0.829. The van der Waals surface area contributed by atoms with E-state index >= 15 is 0 Å². The van der Waals surface area contributed by atoms with Crippen molar-refractivity contribution in [3.8, 4) is 0 Å². The van der Waals surface area contributed by atoms with Crippen LogP contribution in [-0.2, 0) is 6.54 Å². The zero-order chi connectivity index (χ0) is 11.9. The van der Waals surface area contributed by atoms with Crippen molar-refractivity contribution in [3.63, 3.8) is 0 Å². The number of benzene rings is 1. The lowest BCUT2D eigenvalue weighted by Crippen LogP contribution is -2.25. The largest absolute Gasteiger partial charge is 0.312 e. The molecule has 90 valence electrons. The summed E-state index contributed by atoms with van der Waals surface area (Å²) in [6.07, 6.45) is 10.1. The second-order valence-corrected chi connectivity index (χ2v) is 4.81. The molecule has 1 N–H and O–H groups in total. The maximum atomic E-state index is 3.55. The SMILES string of the molecule is C[C@@H]1CC=CC=C[C@@H]1CNCc1ccccc1. The predicted octanol–water partition coefficient (Wildman–Crippen LogP) is 3.54. The van der Waals surface area contributed by atoms with E-state index in [4.69, 9.17) is 0 Å². The van der Waals surface area contributed by atoms with Crippen LogP contribution in [0.3, 0.4) is 0 Å². The van der Waals surface area contributed by atoms with E-state index in [9.17, 15) is 0 Å². The molecule has 0 aromatic heterocycles. The number of hydrogen-bond acceptors (Lipinski definition) is 1. The van der Waals surface area contributed by atoms with Gasteiger partial charge in [0.15, 0.2) is 0 Å². The van der Waals surface area contributed by atoms with Crippen LogP contribution in [0.25, 0.3) is 0 Å². The Morgan fingerprint density at radius 2 is 2.00 bits per heavy atom. The van der Waals surface area contributed by atoms with Crippen molar-refractivity contribution in [2.24, 2.45) is 11.8 Å². The van der Waals surface area contributed by atoms with E-state index in [0.717, 1.165) is 19.0 Å². The standard InChI is InChI=1S/C16H21N/c1-14-8-4-2-7-11-16(14)13-17-12-15-9-5-3-6-10-15/h2-7,9-11,14,16-17H,8,12-13H2,1H3/t14-,16-/m1/s1. The molecule has 1 aromatic carbocycles. The number of rotatable bonds is 4. The molecule has 0 saturated carbocycles. The van der Waals surface area contributed by atoms with E-state index in [1.807, 2.05) is 0 Å². The zero-order valence-corrected chi connectivity index (χ0v) is 10.5. The third-order valence-corrected chi connectivity index (χ3v) is 3.40. The van der Waals surface area contributed by atoms with Gasteiger partial charge in [-0.3, -0.25) is 0 Å². The second-order valence-electron chi connectivity index (χ2n) is 4.81. The van der Waals surface area contributed by atoms with Crippen LogP contribution in [-0.4, -0.2) is 6.54 Å². The summed E-state index contributed by atoms with van der Waals surface area (Å²) >= 11 is 0. The van der Waals surface area contributed by atoms with Crippen LogP contribution >= 0.6 is 0 Å². The Morgan fingerprint density at radius 1 is 1.18 bits per heavy atom. The van der Waals surface area contributed by atoms with Crippen molar-refractivity contribution < 1.29 is 0 Å². The first-order valence-electron chi connectivity index (χ1n) is 6.44. The normalized spacial score (nSPS) is 23.6. The summed E-state index contributed by atoms with van der Waals surface area (Å²) in [6.45, 7) is 4.36. The van der Waals surface area contributed by atoms with Gasteiger partial charge >= 0.3 is 0 Å². The first-order valence-corrected chi connectivity index (χ1v) is 6.44. The highest BCUT2D eigenvalue weighted by molar-refractivity contribution is 5.14. The average Bonchev–Trinajstić information content (AvgIpc) is 2.56. The molecule has 1 heteroatoms. The molecule has 0 spiro atoms. The number of hydrogen-bond donors (Lipinski definition) is 1. The molecule has 17 heavy (non-hydrogen) atoms. The van der Waals surface area contributed by atoms with Crippen LogP contribution in [0.1, 0.15) is 18.9 Å².